The van der Waals surface area contributed by atoms with Gasteiger partial charge in [-0.15, -0.1) is 0 Å². The molecule has 0 aliphatic carbocycles. The van der Waals surface area contributed by atoms with E-state index < -0.39 is 0 Å². The first kappa shape index (κ1) is 23.3. The number of carbonyl (C=O) groups excluding carboxylic acids is 1. The molecule has 1 aliphatic rings. The van der Waals surface area contributed by atoms with Crippen LogP contribution in [0.5, 0.6) is 5.88 Å². The van der Waals surface area contributed by atoms with E-state index in [1.165, 1.54) is 31.2 Å². The number of nitrogens with zero attached hydrogens (tertiary/aromatic N) is 3. The van der Waals surface area contributed by atoms with E-state index >= 15 is 0 Å². The zero-order valence-electron chi connectivity index (χ0n) is 19.6. The van der Waals surface area contributed by atoms with E-state index in [4.69, 9.17) is 4.74 Å². The van der Waals surface area contributed by atoms with Gasteiger partial charge in [0.2, 0.25) is 11.8 Å². The molecule has 1 aromatic heterocycles. The number of amides is 1. The fourth-order valence-electron chi connectivity index (χ4n) is 4.40. The molecule has 0 spiro atoms. The zero-order valence-corrected chi connectivity index (χ0v) is 19.6. The summed E-state index contributed by atoms with van der Waals surface area (Å²) in [6.45, 7) is 10.0. The Kier molecular flexibility index (Phi) is 8.47. The number of carbonyl (C=O) groups is 1. The summed E-state index contributed by atoms with van der Waals surface area (Å²) in [6.07, 6.45) is 7.83. The second kappa shape index (κ2) is 11.3. The fourth-order valence-corrected chi connectivity index (χ4v) is 4.40. The Balaban J connectivity index is 2.01. The molecule has 1 aliphatic heterocycles. The topological polar surface area (TPSA) is 45.7 Å². The van der Waals surface area contributed by atoms with Crippen molar-refractivity contribution in [1.82, 2.24) is 9.88 Å². The maximum absolute atomic E-state index is 12.6. The van der Waals surface area contributed by atoms with Crippen LogP contribution in [-0.4, -0.2) is 42.5 Å². The first-order chi connectivity index (χ1) is 15.0. The lowest BCUT2D eigenvalue weighted by molar-refractivity contribution is -0.116. The van der Waals surface area contributed by atoms with E-state index in [0.29, 0.717) is 11.8 Å². The van der Waals surface area contributed by atoms with Gasteiger partial charge >= 0.3 is 0 Å². The number of aromatic nitrogens is 1. The van der Waals surface area contributed by atoms with Crippen molar-refractivity contribution in [3.8, 4) is 17.0 Å². The number of hydrogen-bond donors (Lipinski definition) is 0. The summed E-state index contributed by atoms with van der Waals surface area (Å²) in [6, 6.07) is 10.4. The Morgan fingerprint density at radius 3 is 2.39 bits per heavy atom. The first-order valence-electron chi connectivity index (χ1n) is 11.6. The number of hydrogen-bond acceptors (Lipinski definition) is 4. The summed E-state index contributed by atoms with van der Waals surface area (Å²) in [4.78, 5) is 21.4. The molecule has 1 amide bonds. The minimum absolute atomic E-state index is 0.118. The van der Waals surface area contributed by atoms with Crippen molar-refractivity contribution in [2.75, 3.05) is 31.6 Å². The largest absolute Gasteiger partial charge is 0.481 e. The van der Waals surface area contributed by atoms with Gasteiger partial charge in [-0.2, -0.15) is 0 Å². The summed E-state index contributed by atoms with van der Waals surface area (Å²) >= 11 is 0. The minimum Gasteiger partial charge on any atom is -0.481 e. The van der Waals surface area contributed by atoms with Gasteiger partial charge in [-0.05, 0) is 54.6 Å². The van der Waals surface area contributed by atoms with E-state index in [1.807, 2.05) is 23.2 Å². The van der Waals surface area contributed by atoms with Gasteiger partial charge in [-0.25, -0.2) is 4.98 Å². The molecule has 168 valence electrons. The molecular formula is C26H37N3O2. The van der Waals surface area contributed by atoms with E-state index in [0.717, 1.165) is 49.4 Å². The zero-order chi connectivity index (χ0) is 22.2. The van der Waals surface area contributed by atoms with Gasteiger partial charge in [0.05, 0.1) is 7.11 Å². The van der Waals surface area contributed by atoms with Crippen molar-refractivity contribution in [1.29, 1.82) is 0 Å². The quantitative estimate of drug-likeness (QED) is 0.648. The standard InChI is InChI=1S/C26H37N3O2/c1-20(2)18-28-14-8-6-5-7-9-15-29(21(3)30)25-12-10-22(16-24(25)19-28)23-11-13-26(31-4)27-17-23/h10-13,16-17,20H,5-9,14-15,18-19H2,1-4H3. The Hall–Kier alpha value is -2.40. The molecule has 0 N–H and O–H groups in total. The van der Waals surface area contributed by atoms with Crippen LogP contribution in [0.4, 0.5) is 5.69 Å². The van der Waals surface area contributed by atoms with Crippen molar-refractivity contribution in [2.24, 2.45) is 5.92 Å². The molecule has 0 saturated heterocycles. The van der Waals surface area contributed by atoms with Crippen molar-refractivity contribution in [2.45, 2.75) is 59.4 Å². The molecule has 5 nitrogen and oxygen atoms in total. The van der Waals surface area contributed by atoms with E-state index in [-0.39, 0.29) is 5.91 Å². The number of fused-ring (bicyclic) bond motifs is 1. The summed E-state index contributed by atoms with van der Waals surface area (Å²) in [5.74, 6) is 1.34. The highest BCUT2D eigenvalue weighted by atomic mass is 16.5. The highest BCUT2D eigenvalue weighted by Gasteiger charge is 2.19. The predicted molar refractivity (Wildman–Crippen MR) is 127 cm³/mol. The van der Waals surface area contributed by atoms with Crippen LogP contribution < -0.4 is 9.64 Å². The molecule has 0 atom stereocenters. The van der Waals surface area contributed by atoms with Crippen LogP contribution in [-0.2, 0) is 11.3 Å². The van der Waals surface area contributed by atoms with Crippen LogP contribution in [0.15, 0.2) is 36.5 Å². The Bertz CT molecular complexity index is 848. The number of ether oxygens (including phenoxy) is 1. The van der Waals surface area contributed by atoms with Gasteiger partial charge in [-0.3, -0.25) is 9.69 Å². The van der Waals surface area contributed by atoms with Crippen molar-refractivity contribution >= 4 is 11.6 Å². The minimum atomic E-state index is 0.118. The van der Waals surface area contributed by atoms with Crippen LogP contribution in [0.1, 0.15) is 58.4 Å². The molecule has 0 unspecified atom stereocenters. The number of rotatable bonds is 4. The Morgan fingerprint density at radius 2 is 1.74 bits per heavy atom. The average Bonchev–Trinajstić information content (AvgIpc) is 2.74. The number of pyridine rings is 1. The number of anilines is 1. The summed E-state index contributed by atoms with van der Waals surface area (Å²) in [5.41, 5.74) is 4.44. The van der Waals surface area contributed by atoms with Gasteiger partial charge in [0.1, 0.15) is 0 Å². The molecule has 31 heavy (non-hydrogen) atoms. The molecule has 0 bridgehead atoms. The summed E-state index contributed by atoms with van der Waals surface area (Å²) in [5, 5.41) is 0. The van der Waals surface area contributed by atoms with Crippen molar-refractivity contribution in [3.63, 3.8) is 0 Å². The van der Waals surface area contributed by atoms with Gasteiger partial charge in [-0.1, -0.05) is 39.2 Å². The third kappa shape index (κ3) is 6.54. The third-order valence-corrected chi connectivity index (χ3v) is 5.90. The van der Waals surface area contributed by atoms with Gasteiger partial charge < -0.3 is 9.64 Å². The van der Waals surface area contributed by atoms with E-state index in [9.17, 15) is 4.79 Å². The molecule has 1 aromatic carbocycles. The molecule has 0 radical (unpaired) electrons. The molecule has 2 heterocycles. The SMILES string of the molecule is COc1ccc(-c2ccc3c(c2)CN(CC(C)C)CCCCCCCN3C(C)=O)cn1. The fraction of sp³-hybridized carbons (Fsp3) is 0.538. The average molecular weight is 424 g/mol. The third-order valence-electron chi connectivity index (χ3n) is 5.90. The van der Waals surface area contributed by atoms with Gasteiger partial charge in [0.15, 0.2) is 0 Å². The van der Waals surface area contributed by atoms with Crippen LogP contribution >= 0.6 is 0 Å². The van der Waals surface area contributed by atoms with E-state index in [1.54, 1.807) is 14.0 Å². The second-order valence-electron chi connectivity index (χ2n) is 9.00. The maximum Gasteiger partial charge on any atom is 0.223 e. The molecule has 0 saturated carbocycles. The van der Waals surface area contributed by atoms with Gasteiger partial charge in [0, 0.05) is 50.1 Å². The van der Waals surface area contributed by atoms with Crippen molar-refractivity contribution < 1.29 is 9.53 Å². The normalized spacial score (nSPS) is 16.4. The summed E-state index contributed by atoms with van der Waals surface area (Å²) < 4.78 is 5.20. The second-order valence-corrected chi connectivity index (χ2v) is 9.00. The first-order valence-corrected chi connectivity index (χ1v) is 11.6. The molecule has 0 fully saturated rings. The van der Waals surface area contributed by atoms with E-state index in [2.05, 4.69) is 41.9 Å². The smallest absolute Gasteiger partial charge is 0.223 e. The van der Waals surface area contributed by atoms with Crippen molar-refractivity contribution in [3.05, 3.63) is 42.1 Å². The van der Waals surface area contributed by atoms with Crippen LogP contribution in [0.2, 0.25) is 0 Å². The Labute approximate surface area is 187 Å². The number of benzene rings is 1. The lowest BCUT2D eigenvalue weighted by Crippen LogP contribution is -2.33. The highest BCUT2D eigenvalue weighted by Crippen LogP contribution is 2.30. The molecule has 5 heteroatoms. The highest BCUT2D eigenvalue weighted by molar-refractivity contribution is 5.92. The number of methoxy groups -OCH3 is 1. The maximum atomic E-state index is 12.6. The van der Waals surface area contributed by atoms with Crippen LogP contribution in [0, 0.1) is 5.92 Å². The van der Waals surface area contributed by atoms with Crippen LogP contribution in [0.25, 0.3) is 11.1 Å². The lowest BCUT2D eigenvalue weighted by atomic mass is 10.0. The monoisotopic (exact) mass is 423 g/mol. The lowest BCUT2D eigenvalue weighted by Gasteiger charge is -2.30. The van der Waals surface area contributed by atoms with Gasteiger partial charge in [0.25, 0.3) is 0 Å². The summed E-state index contributed by atoms with van der Waals surface area (Å²) in [7, 11) is 1.63. The molecule has 2 aromatic rings. The predicted octanol–water partition coefficient (Wildman–Crippen LogP) is 5.53. The molecular weight excluding hydrogens is 386 g/mol. The van der Waals surface area contributed by atoms with Crippen LogP contribution in [0.3, 0.4) is 0 Å². The Morgan fingerprint density at radius 1 is 1.03 bits per heavy atom. The molecule has 3 rings (SSSR count).